The van der Waals surface area contributed by atoms with Gasteiger partial charge in [-0.05, 0) is 46.7 Å². The molecule has 0 aromatic heterocycles. The van der Waals surface area contributed by atoms with Crippen LogP contribution in [0.1, 0.15) is 48.5 Å². The van der Waals surface area contributed by atoms with E-state index in [2.05, 4.69) is 9.89 Å². The van der Waals surface area contributed by atoms with Crippen LogP contribution in [0.3, 0.4) is 0 Å². The van der Waals surface area contributed by atoms with Gasteiger partial charge in [0.2, 0.25) is 0 Å². The van der Waals surface area contributed by atoms with Gasteiger partial charge in [-0.1, -0.05) is 13.8 Å². The highest BCUT2D eigenvalue weighted by Gasteiger charge is 2.52. The average Bonchev–Trinajstić information content (AvgIpc) is 2.89. The van der Waals surface area contributed by atoms with Crippen molar-refractivity contribution in [1.82, 2.24) is 9.80 Å². The summed E-state index contributed by atoms with van der Waals surface area (Å²) < 4.78 is 17.5. The lowest BCUT2D eigenvalue weighted by molar-refractivity contribution is 0.00578. The molecular weight excluding hydrogens is 383 g/mol. The first-order valence-electron chi connectivity index (χ1n) is 10.9. The van der Waals surface area contributed by atoms with Gasteiger partial charge in [0.05, 0.1) is 17.7 Å². The monoisotopic (exact) mass is 422 g/mol. The maximum absolute atomic E-state index is 12.2. The molecule has 1 amide bonds. The van der Waals surface area contributed by atoms with Crippen molar-refractivity contribution in [3.05, 3.63) is 11.7 Å². The van der Waals surface area contributed by atoms with Crippen LogP contribution in [-0.2, 0) is 14.0 Å². The SMILES string of the molecule is CC(C)C(C)OC(=O)N1CCN(CCN=CC(=CN)B2OC(C)(C)C(C)(C)O2)CC1. The van der Waals surface area contributed by atoms with Crippen molar-refractivity contribution >= 4 is 19.4 Å². The van der Waals surface area contributed by atoms with Crippen molar-refractivity contribution in [2.24, 2.45) is 16.6 Å². The number of nitrogens with zero attached hydrogens (tertiary/aromatic N) is 3. The predicted molar refractivity (Wildman–Crippen MR) is 121 cm³/mol. The quantitative estimate of drug-likeness (QED) is 0.500. The molecule has 1 atom stereocenters. The molecular formula is C21H39BN4O4. The van der Waals surface area contributed by atoms with Crippen molar-refractivity contribution in [2.75, 3.05) is 39.3 Å². The van der Waals surface area contributed by atoms with Crippen molar-refractivity contribution in [1.29, 1.82) is 0 Å². The Labute approximate surface area is 181 Å². The first kappa shape index (κ1) is 24.7. The third kappa shape index (κ3) is 6.22. The highest BCUT2D eigenvalue weighted by atomic mass is 16.7. The van der Waals surface area contributed by atoms with Gasteiger partial charge in [0.1, 0.15) is 6.10 Å². The summed E-state index contributed by atoms with van der Waals surface area (Å²) in [4.78, 5) is 20.8. The molecule has 2 rings (SSSR count). The Kier molecular flexibility index (Phi) is 8.36. The van der Waals surface area contributed by atoms with E-state index in [1.54, 1.807) is 11.1 Å². The molecule has 0 saturated carbocycles. The smallest absolute Gasteiger partial charge is 0.446 e. The lowest BCUT2D eigenvalue weighted by Crippen LogP contribution is -2.50. The normalized spacial score (nSPS) is 23.4. The first-order chi connectivity index (χ1) is 14.0. The number of carbonyl (C=O) groups is 1. The Morgan fingerprint density at radius 3 is 2.20 bits per heavy atom. The van der Waals surface area contributed by atoms with E-state index in [9.17, 15) is 4.79 Å². The molecule has 1 unspecified atom stereocenters. The lowest BCUT2D eigenvalue weighted by atomic mass is 9.79. The highest BCUT2D eigenvalue weighted by Crippen LogP contribution is 2.38. The summed E-state index contributed by atoms with van der Waals surface area (Å²) in [6.07, 6.45) is 2.95. The van der Waals surface area contributed by atoms with Crippen molar-refractivity contribution in [2.45, 2.75) is 65.8 Å². The Hall–Kier alpha value is -1.58. The van der Waals surface area contributed by atoms with Crippen LogP contribution in [0.2, 0.25) is 0 Å². The van der Waals surface area contributed by atoms with E-state index in [0.717, 1.165) is 25.1 Å². The number of carbonyl (C=O) groups excluding carboxylic acids is 1. The zero-order valence-electron chi connectivity index (χ0n) is 19.7. The zero-order chi connectivity index (χ0) is 22.5. The molecule has 0 aromatic carbocycles. The number of hydrogen-bond acceptors (Lipinski definition) is 7. The molecule has 2 fully saturated rings. The van der Waals surface area contributed by atoms with Crippen LogP contribution in [0.15, 0.2) is 16.7 Å². The molecule has 2 heterocycles. The Balaban J connectivity index is 1.73. The van der Waals surface area contributed by atoms with E-state index in [-0.39, 0.29) is 12.2 Å². The Morgan fingerprint density at radius 2 is 1.70 bits per heavy atom. The third-order valence-electron chi connectivity index (χ3n) is 6.36. The van der Waals surface area contributed by atoms with Crippen molar-refractivity contribution < 1.29 is 18.8 Å². The number of amides is 1. The van der Waals surface area contributed by atoms with Crippen LogP contribution in [0.25, 0.3) is 0 Å². The van der Waals surface area contributed by atoms with Crippen molar-refractivity contribution in [3.8, 4) is 0 Å². The number of ether oxygens (including phenoxy) is 1. The molecule has 0 radical (unpaired) electrons. The summed E-state index contributed by atoms with van der Waals surface area (Å²) in [5, 5.41) is 0. The van der Waals surface area contributed by atoms with Gasteiger partial charge in [0.15, 0.2) is 0 Å². The second kappa shape index (κ2) is 10.2. The summed E-state index contributed by atoms with van der Waals surface area (Å²) in [5.74, 6) is 0.317. The van der Waals surface area contributed by atoms with Gasteiger partial charge in [-0.2, -0.15) is 0 Å². The van der Waals surface area contributed by atoms with Gasteiger partial charge in [0, 0.05) is 44.4 Å². The van der Waals surface area contributed by atoms with Crippen LogP contribution >= 0.6 is 0 Å². The van der Waals surface area contributed by atoms with E-state index in [1.165, 1.54) is 6.20 Å². The summed E-state index contributed by atoms with van der Waals surface area (Å²) in [5.41, 5.74) is 5.68. The molecule has 2 aliphatic heterocycles. The standard InChI is InChI=1S/C21H39BN4O4/c1-16(2)17(3)28-19(27)26-12-10-25(11-13-26)9-8-24-15-18(14-23)22-29-20(4,5)21(6,7)30-22/h14-17H,8-13,23H2,1-7H3. The van der Waals surface area contributed by atoms with Crippen LogP contribution in [-0.4, -0.2) is 85.8 Å². The molecule has 30 heavy (non-hydrogen) atoms. The second-order valence-corrected chi connectivity index (χ2v) is 9.45. The van der Waals surface area contributed by atoms with Gasteiger partial charge in [-0.15, -0.1) is 0 Å². The van der Waals surface area contributed by atoms with E-state index in [0.29, 0.717) is 25.6 Å². The first-order valence-corrected chi connectivity index (χ1v) is 10.9. The predicted octanol–water partition coefficient (Wildman–Crippen LogP) is 2.33. The fourth-order valence-corrected chi connectivity index (χ4v) is 3.05. The van der Waals surface area contributed by atoms with Gasteiger partial charge >= 0.3 is 13.2 Å². The van der Waals surface area contributed by atoms with Gasteiger partial charge in [0.25, 0.3) is 0 Å². The van der Waals surface area contributed by atoms with Crippen molar-refractivity contribution in [3.63, 3.8) is 0 Å². The number of allylic oxidation sites excluding steroid dienone is 1. The second-order valence-electron chi connectivity index (χ2n) is 9.45. The van der Waals surface area contributed by atoms with Crippen LogP contribution in [0.4, 0.5) is 4.79 Å². The number of hydrogen-bond donors (Lipinski definition) is 1. The largest absolute Gasteiger partial charge is 0.497 e. The molecule has 2 aliphatic rings. The molecule has 170 valence electrons. The number of nitrogens with two attached hydrogens (primary N) is 1. The van der Waals surface area contributed by atoms with E-state index < -0.39 is 18.3 Å². The number of aliphatic imine (C=N–C) groups is 1. The minimum atomic E-state index is -0.508. The summed E-state index contributed by atoms with van der Waals surface area (Å²) in [6.45, 7) is 18.5. The molecule has 2 N–H and O–H groups in total. The van der Waals surface area contributed by atoms with Crippen LogP contribution in [0.5, 0.6) is 0 Å². The molecule has 0 spiro atoms. The third-order valence-corrected chi connectivity index (χ3v) is 6.36. The van der Waals surface area contributed by atoms with E-state index >= 15 is 0 Å². The molecule has 9 heteroatoms. The van der Waals surface area contributed by atoms with Crippen LogP contribution < -0.4 is 5.73 Å². The number of rotatable bonds is 7. The minimum Gasteiger partial charge on any atom is -0.446 e. The van der Waals surface area contributed by atoms with Gasteiger partial charge in [-0.3, -0.25) is 9.89 Å². The average molecular weight is 422 g/mol. The number of piperazine rings is 1. The van der Waals surface area contributed by atoms with Gasteiger partial charge in [-0.25, -0.2) is 4.79 Å². The highest BCUT2D eigenvalue weighted by molar-refractivity contribution is 6.60. The molecule has 0 aromatic rings. The fourth-order valence-electron chi connectivity index (χ4n) is 3.05. The zero-order valence-corrected chi connectivity index (χ0v) is 19.7. The van der Waals surface area contributed by atoms with E-state index in [4.69, 9.17) is 19.8 Å². The molecule has 2 saturated heterocycles. The van der Waals surface area contributed by atoms with Crippen LogP contribution in [0, 0.1) is 5.92 Å². The Morgan fingerprint density at radius 1 is 1.13 bits per heavy atom. The lowest BCUT2D eigenvalue weighted by Gasteiger charge is -2.34. The minimum absolute atomic E-state index is 0.0707. The summed E-state index contributed by atoms with van der Waals surface area (Å²) in [6, 6.07) is 0. The maximum Gasteiger partial charge on any atom is 0.497 e. The summed E-state index contributed by atoms with van der Waals surface area (Å²) >= 11 is 0. The fraction of sp³-hybridized carbons (Fsp3) is 0.810. The Bertz CT molecular complexity index is 627. The summed E-state index contributed by atoms with van der Waals surface area (Å²) in [7, 11) is -0.508. The molecule has 0 aliphatic carbocycles. The maximum atomic E-state index is 12.2. The van der Waals surface area contributed by atoms with Gasteiger partial charge < -0.3 is 24.7 Å². The van der Waals surface area contributed by atoms with E-state index in [1.807, 2.05) is 48.5 Å². The topological polar surface area (TPSA) is 89.6 Å². The molecule has 8 nitrogen and oxygen atoms in total. The molecule has 0 bridgehead atoms.